The fourth-order valence-corrected chi connectivity index (χ4v) is 5.13. The second-order valence-corrected chi connectivity index (χ2v) is 7.97. The Hall–Kier alpha value is -1.80. The van der Waals surface area contributed by atoms with Crippen molar-refractivity contribution in [1.29, 1.82) is 0 Å². The van der Waals surface area contributed by atoms with Gasteiger partial charge in [0.25, 0.3) is 0 Å². The van der Waals surface area contributed by atoms with E-state index in [1.165, 1.54) is 0 Å². The molecule has 6 atom stereocenters. The molecular weight excluding hydrogens is 376 g/mol. The molecule has 7 nitrogen and oxygen atoms in total. The number of hydrogen-bond acceptors (Lipinski definition) is 7. The summed E-state index contributed by atoms with van der Waals surface area (Å²) in [5.74, 6) is -0.0473. The second kappa shape index (κ2) is 8.14. The summed E-state index contributed by atoms with van der Waals surface area (Å²) in [4.78, 5) is 0. The van der Waals surface area contributed by atoms with Crippen LogP contribution < -0.4 is 14.2 Å². The lowest BCUT2D eigenvalue weighted by Crippen LogP contribution is -2.58. The van der Waals surface area contributed by atoms with Crippen molar-refractivity contribution in [3.8, 4) is 17.2 Å². The van der Waals surface area contributed by atoms with Gasteiger partial charge < -0.3 is 33.9 Å². The van der Waals surface area contributed by atoms with Gasteiger partial charge >= 0.3 is 0 Å². The van der Waals surface area contributed by atoms with Gasteiger partial charge in [-0.15, -0.1) is 6.58 Å². The SMILES string of the molecule is C=CC[C@]12C[C@@H](OC)[C@@H](O)C[C@]1(O)O[C@@H](c1cc(OC)c(OC)c(OC)c1)[C@H]2C. The highest BCUT2D eigenvalue weighted by Crippen LogP contribution is 2.63. The zero-order valence-corrected chi connectivity index (χ0v) is 17.8. The molecule has 2 N–H and O–H groups in total. The Morgan fingerprint density at radius 1 is 1.14 bits per heavy atom. The minimum atomic E-state index is -1.50. The molecule has 1 aliphatic heterocycles. The molecular formula is C22H32O7. The van der Waals surface area contributed by atoms with Crippen molar-refractivity contribution in [2.24, 2.45) is 11.3 Å². The van der Waals surface area contributed by atoms with Crippen LogP contribution in [0, 0.1) is 11.3 Å². The third kappa shape index (κ3) is 3.30. The number of allylic oxidation sites excluding steroid dienone is 1. The van der Waals surface area contributed by atoms with Crippen LogP contribution in [0.2, 0.25) is 0 Å². The van der Waals surface area contributed by atoms with Crippen LogP contribution in [0.4, 0.5) is 0 Å². The molecule has 0 spiro atoms. The van der Waals surface area contributed by atoms with Gasteiger partial charge in [-0.05, 0) is 36.5 Å². The first-order valence-corrected chi connectivity index (χ1v) is 9.82. The van der Waals surface area contributed by atoms with Gasteiger partial charge in [0.15, 0.2) is 17.3 Å². The Balaban J connectivity index is 2.08. The predicted molar refractivity (Wildman–Crippen MR) is 107 cm³/mol. The lowest BCUT2D eigenvalue weighted by atomic mass is 9.59. The summed E-state index contributed by atoms with van der Waals surface area (Å²) in [6.07, 6.45) is 1.26. The van der Waals surface area contributed by atoms with Crippen LogP contribution in [-0.4, -0.2) is 56.6 Å². The van der Waals surface area contributed by atoms with Gasteiger partial charge in [-0.2, -0.15) is 0 Å². The predicted octanol–water partition coefficient (Wildman–Crippen LogP) is 2.84. The largest absolute Gasteiger partial charge is 0.493 e. The minimum Gasteiger partial charge on any atom is -0.493 e. The number of benzene rings is 1. The topological polar surface area (TPSA) is 86.6 Å². The van der Waals surface area contributed by atoms with E-state index >= 15 is 0 Å². The van der Waals surface area contributed by atoms with Crippen LogP contribution >= 0.6 is 0 Å². The third-order valence-electron chi connectivity index (χ3n) is 6.73. The maximum absolute atomic E-state index is 11.6. The molecule has 0 radical (unpaired) electrons. The van der Waals surface area contributed by atoms with Gasteiger partial charge in [0, 0.05) is 18.9 Å². The molecule has 1 saturated carbocycles. The van der Waals surface area contributed by atoms with Crippen molar-refractivity contribution >= 4 is 0 Å². The summed E-state index contributed by atoms with van der Waals surface area (Å²) in [5, 5.41) is 22.1. The van der Waals surface area contributed by atoms with E-state index in [1.807, 2.05) is 12.1 Å². The summed E-state index contributed by atoms with van der Waals surface area (Å²) in [5.41, 5.74) is 0.168. The van der Waals surface area contributed by atoms with Crippen LogP contribution in [0.3, 0.4) is 0 Å². The van der Waals surface area contributed by atoms with Gasteiger partial charge in [-0.1, -0.05) is 13.0 Å². The fraction of sp³-hybridized carbons (Fsp3) is 0.636. The van der Waals surface area contributed by atoms with Gasteiger partial charge in [0.2, 0.25) is 5.75 Å². The Bertz CT molecular complexity index is 726. The van der Waals surface area contributed by atoms with Crippen LogP contribution in [-0.2, 0) is 9.47 Å². The zero-order valence-electron chi connectivity index (χ0n) is 17.8. The first-order valence-electron chi connectivity index (χ1n) is 9.82. The quantitative estimate of drug-likeness (QED) is 0.671. The van der Waals surface area contributed by atoms with Crippen molar-refractivity contribution in [2.45, 2.75) is 50.3 Å². The van der Waals surface area contributed by atoms with E-state index in [4.69, 9.17) is 23.7 Å². The number of methoxy groups -OCH3 is 4. The fourth-order valence-electron chi connectivity index (χ4n) is 5.13. The highest BCUT2D eigenvalue weighted by atomic mass is 16.6. The Morgan fingerprint density at radius 3 is 2.24 bits per heavy atom. The summed E-state index contributed by atoms with van der Waals surface area (Å²) in [6.45, 7) is 5.95. The number of hydrogen-bond donors (Lipinski definition) is 2. The van der Waals surface area contributed by atoms with Gasteiger partial charge in [0.05, 0.1) is 39.6 Å². The molecule has 0 amide bonds. The Labute approximate surface area is 172 Å². The number of ether oxygens (including phenoxy) is 5. The van der Waals surface area contributed by atoms with Gasteiger partial charge in [-0.25, -0.2) is 0 Å². The molecule has 1 saturated heterocycles. The normalized spacial score (nSPS) is 36.4. The first-order chi connectivity index (χ1) is 13.8. The average molecular weight is 408 g/mol. The molecule has 0 bridgehead atoms. The van der Waals surface area contributed by atoms with E-state index < -0.39 is 23.4 Å². The summed E-state index contributed by atoms with van der Waals surface area (Å²) >= 11 is 0. The zero-order chi connectivity index (χ0) is 21.4. The van der Waals surface area contributed by atoms with E-state index in [2.05, 4.69) is 13.5 Å². The van der Waals surface area contributed by atoms with Crippen LogP contribution in [0.15, 0.2) is 24.8 Å². The molecule has 0 aromatic heterocycles. The first kappa shape index (κ1) is 21.9. The van der Waals surface area contributed by atoms with E-state index in [0.29, 0.717) is 30.1 Å². The summed E-state index contributed by atoms with van der Waals surface area (Å²) < 4.78 is 28.2. The monoisotopic (exact) mass is 408 g/mol. The van der Waals surface area contributed by atoms with E-state index in [0.717, 1.165) is 5.56 Å². The van der Waals surface area contributed by atoms with Crippen LogP contribution in [0.5, 0.6) is 17.2 Å². The molecule has 2 fully saturated rings. The molecule has 2 aliphatic rings. The molecule has 0 unspecified atom stereocenters. The summed E-state index contributed by atoms with van der Waals surface area (Å²) in [6, 6.07) is 3.68. The average Bonchev–Trinajstić information content (AvgIpc) is 2.93. The maximum Gasteiger partial charge on any atom is 0.203 e. The lowest BCUT2D eigenvalue weighted by molar-refractivity contribution is -0.287. The lowest BCUT2D eigenvalue weighted by Gasteiger charge is -2.50. The number of aliphatic hydroxyl groups excluding tert-OH is 1. The molecule has 7 heteroatoms. The highest BCUT2D eigenvalue weighted by molar-refractivity contribution is 5.54. The van der Waals surface area contributed by atoms with Gasteiger partial charge in [0.1, 0.15) is 0 Å². The summed E-state index contributed by atoms with van der Waals surface area (Å²) in [7, 11) is 6.26. The number of rotatable bonds is 7. The smallest absolute Gasteiger partial charge is 0.203 e. The highest BCUT2D eigenvalue weighted by Gasteiger charge is 2.66. The van der Waals surface area contributed by atoms with E-state index in [1.54, 1.807) is 34.5 Å². The van der Waals surface area contributed by atoms with Crippen molar-refractivity contribution in [2.75, 3.05) is 28.4 Å². The molecule has 1 aromatic carbocycles. The third-order valence-corrected chi connectivity index (χ3v) is 6.73. The molecule has 3 rings (SSSR count). The van der Waals surface area contributed by atoms with Crippen LogP contribution in [0.25, 0.3) is 0 Å². The van der Waals surface area contributed by atoms with Crippen molar-refractivity contribution < 1.29 is 33.9 Å². The minimum absolute atomic E-state index is 0.0740. The molecule has 1 heterocycles. The number of fused-ring (bicyclic) bond motifs is 1. The van der Waals surface area contributed by atoms with E-state index in [-0.39, 0.29) is 18.4 Å². The molecule has 1 aliphatic carbocycles. The molecule has 1 aromatic rings. The second-order valence-electron chi connectivity index (χ2n) is 7.97. The van der Waals surface area contributed by atoms with Crippen molar-refractivity contribution in [1.82, 2.24) is 0 Å². The Kier molecular flexibility index (Phi) is 6.15. The Morgan fingerprint density at radius 2 is 1.76 bits per heavy atom. The van der Waals surface area contributed by atoms with Gasteiger partial charge in [-0.3, -0.25) is 0 Å². The standard InChI is InChI=1S/C22H32O7/c1-7-8-21-12-18(27-5)15(23)11-22(21,24)29-19(13(21)2)14-9-16(25-3)20(28-6)17(10-14)26-4/h7,9-10,13,15,18-19,23-24H,1,8,11-12H2,2-6H3/t13-,15+,18-,19-,21-,22+/m1/s1. The molecule has 162 valence electrons. The molecule has 29 heavy (non-hydrogen) atoms. The van der Waals surface area contributed by atoms with Crippen LogP contribution in [0.1, 0.15) is 37.9 Å². The van der Waals surface area contributed by atoms with Crippen molar-refractivity contribution in [3.05, 3.63) is 30.4 Å². The number of aliphatic hydroxyl groups is 2. The maximum atomic E-state index is 11.6. The van der Waals surface area contributed by atoms with Crippen molar-refractivity contribution in [3.63, 3.8) is 0 Å². The van der Waals surface area contributed by atoms with E-state index in [9.17, 15) is 10.2 Å².